The van der Waals surface area contributed by atoms with Crippen LogP contribution in [0.1, 0.15) is 43.8 Å². The Hall–Kier alpha value is -1.67. The van der Waals surface area contributed by atoms with Crippen molar-refractivity contribution in [1.82, 2.24) is 29.9 Å². The zero-order chi connectivity index (χ0) is 19.3. The van der Waals surface area contributed by atoms with Gasteiger partial charge in [-0.15, -0.1) is 10.2 Å². The standard InChI is InChI=1S/C20H35N7O/c1-16-23-24-19(25(16)2)13-22-20(21-12-18-6-5-11-28-18)27-10-7-17(15-27)14-26-8-3-4-9-26/h17-18H,3-15H2,1-2H3,(H,21,22). The van der Waals surface area contributed by atoms with Crippen LogP contribution in [-0.4, -0.2) is 82.5 Å². The lowest BCUT2D eigenvalue weighted by Crippen LogP contribution is -2.43. The first-order valence-corrected chi connectivity index (χ1v) is 10.9. The van der Waals surface area contributed by atoms with Gasteiger partial charge in [-0.25, -0.2) is 4.99 Å². The number of likely N-dealkylation sites (tertiary alicyclic amines) is 2. The second-order valence-corrected chi connectivity index (χ2v) is 8.49. The molecule has 3 aliphatic heterocycles. The van der Waals surface area contributed by atoms with Gasteiger partial charge in [0.15, 0.2) is 11.8 Å². The normalized spacial score (nSPS) is 26.5. The molecule has 8 heteroatoms. The van der Waals surface area contributed by atoms with Crippen molar-refractivity contribution >= 4 is 5.96 Å². The minimum atomic E-state index is 0.310. The third-order valence-corrected chi connectivity index (χ3v) is 6.37. The highest BCUT2D eigenvalue weighted by atomic mass is 16.5. The van der Waals surface area contributed by atoms with Gasteiger partial charge >= 0.3 is 0 Å². The number of nitrogens with zero attached hydrogens (tertiary/aromatic N) is 6. The third-order valence-electron chi connectivity index (χ3n) is 6.37. The number of hydrogen-bond donors (Lipinski definition) is 1. The van der Waals surface area contributed by atoms with E-state index in [1.165, 1.54) is 45.3 Å². The van der Waals surface area contributed by atoms with Crippen LogP contribution in [0.4, 0.5) is 0 Å². The summed E-state index contributed by atoms with van der Waals surface area (Å²) in [4.78, 5) is 9.98. The molecule has 0 saturated carbocycles. The number of aliphatic imine (C=N–C) groups is 1. The predicted octanol–water partition coefficient (Wildman–Crippen LogP) is 1.17. The van der Waals surface area contributed by atoms with Crippen LogP contribution in [0, 0.1) is 12.8 Å². The van der Waals surface area contributed by atoms with Crippen molar-refractivity contribution in [1.29, 1.82) is 0 Å². The number of aryl methyl sites for hydroxylation is 1. The lowest BCUT2D eigenvalue weighted by Gasteiger charge is -2.24. The molecule has 1 N–H and O–H groups in total. The Labute approximate surface area is 168 Å². The monoisotopic (exact) mass is 389 g/mol. The molecular weight excluding hydrogens is 354 g/mol. The SMILES string of the molecule is Cc1nnc(CN=C(NCC2CCCO2)N2CCC(CN3CCCC3)C2)n1C. The maximum absolute atomic E-state index is 5.79. The van der Waals surface area contributed by atoms with Gasteiger partial charge in [0, 0.05) is 39.8 Å². The third kappa shape index (κ3) is 4.84. The lowest BCUT2D eigenvalue weighted by atomic mass is 10.1. The van der Waals surface area contributed by atoms with Crippen molar-refractivity contribution < 1.29 is 4.74 Å². The fourth-order valence-electron chi connectivity index (χ4n) is 4.52. The number of hydrogen-bond acceptors (Lipinski definition) is 5. The van der Waals surface area contributed by atoms with E-state index in [4.69, 9.17) is 9.73 Å². The van der Waals surface area contributed by atoms with Crippen molar-refractivity contribution in [2.45, 2.75) is 51.7 Å². The topological polar surface area (TPSA) is 70.8 Å². The summed E-state index contributed by atoms with van der Waals surface area (Å²) in [5.41, 5.74) is 0. The number of rotatable bonds is 6. The van der Waals surface area contributed by atoms with Crippen LogP contribution in [-0.2, 0) is 18.3 Å². The fraction of sp³-hybridized carbons (Fsp3) is 0.850. The molecule has 3 fully saturated rings. The minimum absolute atomic E-state index is 0.310. The average molecular weight is 390 g/mol. The quantitative estimate of drug-likeness (QED) is 0.582. The highest BCUT2D eigenvalue weighted by molar-refractivity contribution is 5.80. The first-order chi connectivity index (χ1) is 13.7. The first kappa shape index (κ1) is 19.6. The van der Waals surface area contributed by atoms with E-state index in [2.05, 4.69) is 25.3 Å². The maximum Gasteiger partial charge on any atom is 0.194 e. The zero-order valence-corrected chi connectivity index (χ0v) is 17.4. The minimum Gasteiger partial charge on any atom is -0.376 e. The van der Waals surface area contributed by atoms with Crippen molar-refractivity contribution in [2.75, 3.05) is 45.9 Å². The largest absolute Gasteiger partial charge is 0.376 e. The molecule has 0 spiro atoms. The van der Waals surface area contributed by atoms with E-state index in [9.17, 15) is 0 Å². The second kappa shape index (κ2) is 9.22. The molecule has 0 amide bonds. The molecule has 3 saturated heterocycles. The van der Waals surface area contributed by atoms with E-state index in [0.717, 1.165) is 56.2 Å². The Balaban J connectivity index is 1.38. The molecule has 2 atom stereocenters. The van der Waals surface area contributed by atoms with Crippen LogP contribution in [0.2, 0.25) is 0 Å². The number of aromatic nitrogens is 3. The summed E-state index contributed by atoms with van der Waals surface area (Å²) in [7, 11) is 2.00. The molecule has 28 heavy (non-hydrogen) atoms. The van der Waals surface area contributed by atoms with Gasteiger partial charge in [-0.2, -0.15) is 0 Å². The molecule has 8 nitrogen and oxygen atoms in total. The molecule has 4 heterocycles. The summed E-state index contributed by atoms with van der Waals surface area (Å²) in [6, 6.07) is 0. The lowest BCUT2D eigenvalue weighted by molar-refractivity contribution is 0.113. The number of ether oxygens (including phenoxy) is 1. The van der Waals surface area contributed by atoms with Crippen LogP contribution < -0.4 is 5.32 Å². The van der Waals surface area contributed by atoms with Gasteiger partial charge < -0.3 is 24.4 Å². The second-order valence-electron chi connectivity index (χ2n) is 8.49. The molecule has 156 valence electrons. The van der Waals surface area contributed by atoms with E-state index in [-0.39, 0.29) is 0 Å². The average Bonchev–Trinajstić information content (AvgIpc) is 3.48. The summed E-state index contributed by atoms with van der Waals surface area (Å²) < 4.78 is 7.81. The molecule has 1 aromatic rings. The summed E-state index contributed by atoms with van der Waals surface area (Å²) in [6.07, 6.45) is 6.59. The molecule has 0 radical (unpaired) electrons. The van der Waals surface area contributed by atoms with Crippen LogP contribution >= 0.6 is 0 Å². The molecule has 0 aromatic carbocycles. The van der Waals surface area contributed by atoms with E-state index in [0.29, 0.717) is 12.6 Å². The van der Waals surface area contributed by atoms with E-state index in [1.54, 1.807) is 0 Å². The molecule has 1 aromatic heterocycles. The van der Waals surface area contributed by atoms with Crippen LogP contribution in [0.5, 0.6) is 0 Å². The van der Waals surface area contributed by atoms with E-state index >= 15 is 0 Å². The summed E-state index contributed by atoms with van der Waals surface area (Å²) in [5, 5.41) is 12.0. The summed E-state index contributed by atoms with van der Waals surface area (Å²) in [6.45, 7) is 10.2. The molecule has 2 unspecified atom stereocenters. The van der Waals surface area contributed by atoms with Crippen molar-refractivity contribution in [2.24, 2.45) is 18.0 Å². The first-order valence-electron chi connectivity index (χ1n) is 10.9. The van der Waals surface area contributed by atoms with Gasteiger partial charge in [0.1, 0.15) is 12.4 Å². The van der Waals surface area contributed by atoms with Crippen molar-refractivity contribution in [3.8, 4) is 0 Å². The number of nitrogens with one attached hydrogen (secondary N) is 1. The zero-order valence-electron chi connectivity index (χ0n) is 17.4. The van der Waals surface area contributed by atoms with Gasteiger partial charge in [0.25, 0.3) is 0 Å². The van der Waals surface area contributed by atoms with Gasteiger partial charge in [0.05, 0.1) is 6.10 Å². The fourth-order valence-corrected chi connectivity index (χ4v) is 4.52. The summed E-state index contributed by atoms with van der Waals surface area (Å²) in [5.74, 6) is 3.57. The Morgan fingerprint density at radius 2 is 2.04 bits per heavy atom. The van der Waals surface area contributed by atoms with Crippen LogP contribution in [0.15, 0.2) is 4.99 Å². The number of guanidine groups is 1. The smallest absolute Gasteiger partial charge is 0.194 e. The summed E-state index contributed by atoms with van der Waals surface area (Å²) >= 11 is 0. The Morgan fingerprint density at radius 1 is 1.18 bits per heavy atom. The van der Waals surface area contributed by atoms with Crippen molar-refractivity contribution in [3.05, 3.63) is 11.6 Å². The van der Waals surface area contributed by atoms with Crippen LogP contribution in [0.25, 0.3) is 0 Å². The predicted molar refractivity (Wildman–Crippen MR) is 109 cm³/mol. The Kier molecular flexibility index (Phi) is 6.47. The highest BCUT2D eigenvalue weighted by Crippen LogP contribution is 2.20. The van der Waals surface area contributed by atoms with E-state index < -0.39 is 0 Å². The Bertz CT molecular complexity index is 662. The van der Waals surface area contributed by atoms with Gasteiger partial charge in [-0.1, -0.05) is 0 Å². The molecule has 0 aliphatic carbocycles. The van der Waals surface area contributed by atoms with E-state index in [1.807, 2.05) is 18.5 Å². The molecule has 3 aliphatic rings. The van der Waals surface area contributed by atoms with Crippen molar-refractivity contribution in [3.63, 3.8) is 0 Å². The highest BCUT2D eigenvalue weighted by Gasteiger charge is 2.28. The van der Waals surface area contributed by atoms with Crippen LogP contribution in [0.3, 0.4) is 0 Å². The molecule has 4 rings (SSSR count). The maximum atomic E-state index is 5.79. The van der Waals surface area contributed by atoms with Gasteiger partial charge in [-0.05, 0) is 58.0 Å². The van der Waals surface area contributed by atoms with Gasteiger partial charge in [0.2, 0.25) is 0 Å². The Morgan fingerprint density at radius 3 is 2.75 bits per heavy atom. The van der Waals surface area contributed by atoms with Gasteiger partial charge in [-0.3, -0.25) is 0 Å². The molecular formula is C20H35N7O. The molecule has 0 bridgehead atoms.